The minimum Gasteiger partial charge on any atom is -0.446 e. The average Bonchev–Trinajstić information content (AvgIpc) is 3.79. The van der Waals surface area contributed by atoms with Gasteiger partial charge in [-0.05, 0) is 82.5 Å². The molecule has 5 rings (SSSR count). The van der Waals surface area contributed by atoms with Gasteiger partial charge in [-0.15, -0.1) is 0 Å². The van der Waals surface area contributed by atoms with Crippen molar-refractivity contribution < 1.29 is 32.3 Å². The Morgan fingerprint density at radius 1 is 1.07 bits per heavy atom. The van der Waals surface area contributed by atoms with Crippen molar-refractivity contribution in [3.63, 3.8) is 0 Å². The number of fused-ring (bicyclic) bond motifs is 2. The van der Waals surface area contributed by atoms with E-state index in [1.807, 2.05) is 19.1 Å². The van der Waals surface area contributed by atoms with Crippen molar-refractivity contribution in [1.82, 2.24) is 25.0 Å². The van der Waals surface area contributed by atoms with Crippen LogP contribution in [0.4, 0.5) is 4.79 Å². The first-order valence-electron chi connectivity index (χ1n) is 15.6. The van der Waals surface area contributed by atoms with Crippen LogP contribution in [-0.2, 0) is 29.3 Å². The molecular weight excluding hydrogens is 562 g/mol. The van der Waals surface area contributed by atoms with E-state index in [0.29, 0.717) is 25.3 Å². The maximum absolute atomic E-state index is 13.9. The Morgan fingerprint density at radius 2 is 1.81 bits per heavy atom. The molecule has 3 saturated carbocycles. The lowest BCUT2D eigenvalue weighted by atomic mass is 10.0. The molecule has 4 N–H and O–H groups in total. The molecule has 234 valence electrons. The number of ether oxygens (including phenoxy) is 1. The monoisotopic (exact) mass is 607 g/mol. The molecule has 5 atom stereocenters. The number of nitrogens with one attached hydrogen (secondary N) is 4. The predicted octanol–water partition coefficient (Wildman–Crippen LogP) is 2.02. The maximum atomic E-state index is 13.9. The minimum absolute atomic E-state index is 0.0290. The van der Waals surface area contributed by atoms with Crippen LogP contribution in [0.5, 0.6) is 0 Å². The van der Waals surface area contributed by atoms with Gasteiger partial charge in [-0.25, -0.2) is 9.52 Å². The van der Waals surface area contributed by atoms with E-state index in [2.05, 4.69) is 20.1 Å². The van der Waals surface area contributed by atoms with Crippen molar-refractivity contribution in [2.45, 2.75) is 114 Å². The molecule has 2 heterocycles. The molecule has 4 amide bonds. The Hall–Kier alpha value is -2.67. The Balaban J connectivity index is 1.32. The van der Waals surface area contributed by atoms with Crippen molar-refractivity contribution in [2.24, 2.45) is 17.8 Å². The van der Waals surface area contributed by atoms with Gasteiger partial charge in [0, 0.05) is 19.0 Å². The third-order valence-corrected chi connectivity index (χ3v) is 10.2. The third-order valence-electron chi connectivity index (χ3n) is 9.25. The summed E-state index contributed by atoms with van der Waals surface area (Å²) in [7, 11) is -4.08. The Labute approximate surface area is 248 Å². The van der Waals surface area contributed by atoms with Gasteiger partial charge in [-0.1, -0.05) is 31.9 Å². The smallest absolute Gasteiger partial charge is 0.408 e. The Kier molecular flexibility index (Phi) is 9.46. The SMILES string of the molecule is C[C@@H]1C[C@H]2C(=O)N[C@]3(C(=O)NS(=O)(=O)NCC4CC4)C[C@H]3/C=C\CCCCC[C@H](NC(=O)OC3CCCC3)C(=O)N2C1. The summed E-state index contributed by atoms with van der Waals surface area (Å²) in [6.45, 7) is 2.56. The molecule has 0 radical (unpaired) electrons. The fraction of sp³-hybridized carbons (Fsp3) is 0.793. The lowest BCUT2D eigenvalue weighted by Gasteiger charge is -2.30. The van der Waals surface area contributed by atoms with Gasteiger partial charge < -0.3 is 20.3 Å². The van der Waals surface area contributed by atoms with Crippen molar-refractivity contribution in [3.05, 3.63) is 12.2 Å². The van der Waals surface area contributed by atoms with E-state index in [1.165, 1.54) is 4.90 Å². The van der Waals surface area contributed by atoms with Crippen molar-refractivity contribution in [3.8, 4) is 0 Å². The molecule has 1 saturated heterocycles. The number of alkyl carbamates (subject to hydrolysis) is 1. The maximum Gasteiger partial charge on any atom is 0.408 e. The molecule has 42 heavy (non-hydrogen) atoms. The van der Waals surface area contributed by atoms with E-state index in [1.54, 1.807) is 0 Å². The van der Waals surface area contributed by atoms with Gasteiger partial charge >= 0.3 is 16.3 Å². The molecule has 4 fully saturated rings. The third kappa shape index (κ3) is 7.64. The molecule has 0 aromatic rings. The number of hydrogen-bond donors (Lipinski definition) is 4. The summed E-state index contributed by atoms with van der Waals surface area (Å²) >= 11 is 0. The van der Waals surface area contributed by atoms with Crippen molar-refractivity contribution >= 4 is 34.0 Å². The number of rotatable bonds is 7. The van der Waals surface area contributed by atoms with Gasteiger partial charge in [0.2, 0.25) is 11.8 Å². The predicted molar refractivity (Wildman–Crippen MR) is 154 cm³/mol. The molecular formula is C29H45N5O7S. The van der Waals surface area contributed by atoms with E-state index in [4.69, 9.17) is 4.74 Å². The van der Waals surface area contributed by atoms with Crippen LogP contribution in [0.25, 0.3) is 0 Å². The lowest BCUT2D eigenvalue weighted by Crippen LogP contribution is -2.59. The van der Waals surface area contributed by atoms with Crippen LogP contribution < -0.4 is 20.1 Å². The highest BCUT2D eigenvalue weighted by molar-refractivity contribution is 7.88. The zero-order valence-corrected chi connectivity index (χ0v) is 25.3. The highest BCUT2D eigenvalue weighted by atomic mass is 32.2. The summed E-state index contributed by atoms with van der Waals surface area (Å²) in [5, 5.41) is 5.64. The largest absolute Gasteiger partial charge is 0.446 e. The second-order valence-corrected chi connectivity index (χ2v) is 14.4. The fourth-order valence-electron chi connectivity index (χ4n) is 6.46. The molecule has 3 aliphatic carbocycles. The fourth-order valence-corrected chi connectivity index (χ4v) is 7.41. The van der Waals surface area contributed by atoms with Gasteiger partial charge in [0.1, 0.15) is 23.7 Å². The highest BCUT2D eigenvalue weighted by Crippen LogP contribution is 2.45. The van der Waals surface area contributed by atoms with Crippen molar-refractivity contribution in [2.75, 3.05) is 13.1 Å². The Morgan fingerprint density at radius 3 is 2.55 bits per heavy atom. The molecule has 5 aliphatic rings. The molecule has 0 unspecified atom stereocenters. The van der Waals surface area contributed by atoms with Crippen LogP contribution >= 0.6 is 0 Å². The second-order valence-electron chi connectivity index (χ2n) is 12.9. The molecule has 0 bridgehead atoms. The summed E-state index contributed by atoms with van der Waals surface area (Å²) in [4.78, 5) is 55.2. The minimum atomic E-state index is -4.08. The number of carbonyl (C=O) groups is 4. The zero-order chi connectivity index (χ0) is 29.9. The van der Waals surface area contributed by atoms with Crippen LogP contribution in [0.2, 0.25) is 0 Å². The van der Waals surface area contributed by atoms with E-state index >= 15 is 0 Å². The molecule has 0 aromatic heterocycles. The standard InChI is InChI=1S/C29H45N5O7S/c1-19-15-24-25(35)32-29(27(37)33-42(39,40)30-17-20-13-14-20)16-21(29)9-5-3-2-4-6-12-23(26(36)34(24)18-19)31-28(38)41-22-10-7-8-11-22/h5,9,19-24,30H,2-4,6-8,10-18H2,1H3,(H,31,38)(H,32,35)(H,33,37)/b9-5-/t19-,21-,23+,24+,29-/m1/s1. The topological polar surface area (TPSA) is 163 Å². The second kappa shape index (κ2) is 12.9. The van der Waals surface area contributed by atoms with Crippen LogP contribution in [0, 0.1) is 17.8 Å². The first-order chi connectivity index (χ1) is 20.1. The van der Waals surface area contributed by atoms with Gasteiger partial charge in [0.25, 0.3) is 5.91 Å². The number of allylic oxidation sites excluding steroid dienone is 1. The quantitative estimate of drug-likeness (QED) is 0.322. The van der Waals surface area contributed by atoms with E-state index in [9.17, 15) is 27.6 Å². The average molecular weight is 608 g/mol. The van der Waals surface area contributed by atoms with E-state index < -0.39 is 45.7 Å². The summed E-state index contributed by atoms with van der Waals surface area (Å²) in [5.74, 6) is -1.65. The number of amides is 4. The van der Waals surface area contributed by atoms with Gasteiger partial charge in [0.15, 0.2) is 0 Å². The first-order valence-corrected chi connectivity index (χ1v) is 17.1. The lowest BCUT2D eigenvalue weighted by molar-refractivity contribution is -0.141. The molecule has 13 heteroatoms. The summed E-state index contributed by atoms with van der Waals surface area (Å²) in [6, 6.07) is -1.67. The van der Waals surface area contributed by atoms with Gasteiger partial charge in [-0.3, -0.25) is 14.4 Å². The van der Waals surface area contributed by atoms with E-state index in [0.717, 1.165) is 64.2 Å². The normalized spacial score (nSPS) is 33.4. The molecule has 2 aliphatic heterocycles. The van der Waals surface area contributed by atoms with Crippen molar-refractivity contribution in [1.29, 1.82) is 0 Å². The first kappa shape index (κ1) is 30.8. The van der Waals surface area contributed by atoms with Crippen LogP contribution in [0.1, 0.15) is 90.4 Å². The van der Waals surface area contributed by atoms with Gasteiger partial charge in [-0.2, -0.15) is 13.1 Å². The summed E-state index contributed by atoms with van der Waals surface area (Å²) in [6.07, 6.45) is 12.9. The summed E-state index contributed by atoms with van der Waals surface area (Å²) < 4.78 is 35.3. The highest BCUT2D eigenvalue weighted by Gasteiger charge is 2.61. The number of hydrogen-bond acceptors (Lipinski definition) is 7. The molecule has 0 aromatic carbocycles. The van der Waals surface area contributed by atoms with Crippen LogP contribution in [0.3, 0.4) is 0 Å². The molecule has 0 spiro atoms. The number of carbonyl (C=O) groups excluding carboxylic acids is 4. The molecule has 12 nitrogen and oxygen atoms in total. The number of nitrogens with zero attached hydrogens (tertiary/aromatic N) is 1. The van der Waals surface area contributed by atoms with Crippen LogP contribution in [-0.4, -0.2) is 73.9 Å². The zero-order valence-electron chi connectivity index (χ0n) is 24.4. The summed E-state index contributed by atoms with van der Waals surface area (Å²) in [5.41, 5.74) is -1.41. The Bertz CT molecular complexity index is 1180. The van der Waals surface area contributed by atoms with Crippen LogP contribution in [0.15, 0.2) is 12.2 Å². The van der Waals surface area contributed by atoms with E-state index in [-0.39, 0.29) is 36.8 Å². The van der Waals surface area contributed by atoms with Gasteiger partial charge in [0.05, 0.1) is 0 Å².